The van der Waals surface area contributed by atoms with Gasteiger partial charge in [0, 0.05) is 30.4 Å². The highest BCUT2D eigenvalue weighted by Gasteiger charge is 2.35. The van der Waals surface area contributed by atoms with Gasteiger partial charge in [-0.15, -0.1) is 0 Å². The average molecular weight is 264 g/mol. The van der Waals surface area contributed by atoms with Gasteiger partial charge in [0.05, 0.1) is 7.11 Å². The summed E-state index contributed by atoms with van der Waals surface area (Å²) in [6.45, 7) is 2.39. The lowest BCUT2D eigenvalue weighted by Crippen LogP contribution is -2.41. The van der Waals surface area contributed by atoms with Crippen LogP contribution in [0.4, 0.5) is 10.1 Å². The second-order valence-corrected chi connectivity index (χ2v) is 5.49. The van der Waals surface area contributed by atoms with Crippen LogP contribution in [0.1, 0.15) is 25.7 Å². The SMILES string of the molecule is COc1ccc(NC2CCN3CCCCC23)cc1F. The van der Waals surface area contributed by atoms with E-state index >= 15 is 0 Å². The van der Waals surface area contributed by atoms with Crippen LogP contribution in [-0.2, 0) is 0 Å². The molecule has 2 aliphatic heterocycles. The van der Waals surface area contributed by atoms with Gasteiger partial charge in [0.1, 0.15) is 0 Å². The van der Waals surface area contributed by atoms with E-state index < -0.39 is 0 Å². The summed E-state index contributed by atoms with van der Waals surface area (Å²) in [5.41, 5.74) is 0.857. The van der Waals surface area contributed by atoms with E-state index in [0.717, 1.165) is 12.1 Å². The average Bonchev–Trinajstić information content (AvgIpc) is 2.83. The van der Waals surface area contributed by atoms with Gasteiger partial charge in [-0.25, -0.2) is 4.39 Å². The minimum absolute atomic E-state index is 0.300. The molecule has 0 aromatic heterocycles. The molecule has 2 unspecified atom stereocenters. The lowest BCUT2D eigenvalue weighted by molar-refractivity contribution is 0.193. The first kappa shape index (κ1) is 12.7. The quantitative estimate of drug-likeness (QED) is 0.908. The van der Waals surface area contributed by atoms with Crippen molar-refractivity contribution in [1.29, 1.82) is 0 Å². The molecule has 1 N–H and O–H groups in total. The molecule has 1 aromatic carbocycles. The van der Waals surface area contributed by atoms with Crippen LogP contribution in [0.15, 0.2) is 18.2 Å². The fourth-order valence-electron chi connectivity index (χ4n) is 3.39. The number of rotatable bonds is 3. The predicted molar refractivity (Wildman–Crippen MR) is 74.2 cm³/mol. The first-order valence-electron chi connectivity index (χ1n) is 7.12. The molecule has 2 saturated heterocycles. The summed E-state index contributed by atoms with van der Waals surface area (Å²) < 4.78 is 18.6. The number of piperidine rings is 1. The Hall–Kier alpha value is -1.29. The Bertz CT molecular complexity index is 452. The first-order valence-corrected chi connectivity index (χ1v) is 7.12. The molecule has 2 atom stereocenters. The molecule has 2 heterocycles. The van der Waals surface area contributed by atoms with Crippen LogP contribution >= 0.6 is 0 Å². The van der Waals surface area contributed by atoms with Crippen molar-refractivity contribution in [3.05, 3.63) is 24.0 Å². The molecule has 19 heavy (non-hydrogen) atoms. The predicted octanol–water partition coefficient (Wildman–Crippen LogP) is 2.87. The van der Waals surface area contributed by atoms with E-state index in [-0.39, 0.29) is 5.82 Å². The minimum Gasteiger partial charge on any atom is -0.494 e. The first-order chi connectivity index (χ1) is 9.28. The molecule has 1 aromatic rings. The van der Waals surface area contributed by atoms with E-state index in [1.807, 2.05) is 6.07 Å². The molecule has 4 heteroatoms. The molecule has 0 saturated carbocycles. The van der Waals surface area contributed by atoms with Gasteiger partial charge in [0.2, 0.25) is 0 Å². The summed E-state index contributed by atoms with van der Waals surface area (Å²) in [6.07, 6.45) is 5.05. The maximum absolute atomic E-state index is 13.7. The summed E-state index contributed by atoms with van der Waals surface area (Å²) in [5.74, 6) is 0.00209. The second kappa shape index (κ2) is 5.37. The highest BCUT2D eigenvalue weighted by molar-refractivity contribution is 5.48. The van der Waals surface area contributed by atoms with Crippen LogP contribution in [-0.4, -0.2) is 37.2 Å². The summed E-state index contributed by atoms with van der Waals surface area (Å²) >= 11 is 0. The molecule has 0 spiro atoms. The molecule has 3 rings (SSSR count). The van der Waals surface area contributed by atoms with Gasteiger partial charge in [-0.3, -0.25) is 4.90 Å². The molecule has 3 nitrogen and oxygen atoms in total. The maximum atomic E-state index is 13.7. The fourth-order valence-corrected chi connectivity index (χ4v) is 3.39. The molecule has 0 radical (unpaired) electrons. The third-order valence-electron chi connectivity index (χ3n) is 4.36. The van der Waals surface area contributed by atoms with Gasteiger partial charge in [-0.05, 0) is 37.9 Å². The van der Waals surface area contributed by atoms with Crippen molar-refractivity contribution in [2.24, 2.45) is 0 Å². The molecule has 2 fully saturated rings. The Kier molecular flexibility index (Phi) is 3.60. The van der Waals surface area contributed by atoms with Crippen LogP contribution in [0, 0.1) is 5.82 Å². The van der Waals surface area contributed by atoms with E-state index in [1.54, 1.807) is 6.07 Å². The summed E-state index contributed by atoms with van der Waals surface area (Å²) in [4.78, 5) is 2.57. The Labute approximate surface area is 113 Å². The summed E-state index contributed by atoms with van der Waals surface area (Å²) in [7, 11) is 1.49. The molecule has 104 valence electrons. The number of nitrogens with one attached hydrogen (secondary N) is 1. The van der Waals surface area contributed by atoms with Crippen molar-refractivity contribution < 1.29 is 9.13 Å². The van der Waals surface area contributed by atoms with Crippen molar-refractivity contribution in [2.45, 2.75) is 37.8 Å². The topological polar surface area (TPSA) is 24.5 Å². The molecule has 0 aliphatic carbocycles. The van der Waals surface area contributed by atoms with E-state index in [4.69, 9.17) is 4.74 Å². The van der Waals surface area contributed by atoms with Gasteiger partial charge in [0.25, 0.3) is 0 Å². The smallest absolute Gasteiger partial charge is 0.167 e. The molecular weight excluding hydrogens is 243 g/mol. The normalized spacial score (nSPS) is 27.1. The second-order valence-electron chi connectivity index (χ2n) is 5.49. The number of methoxy groups -OCH3 is 1. The number of hydrogen-bond donors (Lipinski definition) is 1. The number of fused-ring (bicyclic) bond motifs is 1. The van der Waals surface area contributed by atoms with E-state index in [1.165, 1.54) is 45.5 Å². The van der Waals surface area contributed by atoms with Gasteiger partial charge < -0.3 is 10.1 Å². The number of ether oxygens (including phenoxy) is 1. The van der Waals surface area contributed by atoms with Crippen LogP contribution < -0.4 is 10.1 Å². The van der Waals surface area contributed by atoms with E-state index in [0.29, 0.717) is 17.8 Å². The zero-order valence-electron chi connectivity index (χ0n) is 11.4. The number of benzene rings is 1. The fraction of sp³-hybridized carbons (Fsp3) is 0.600. The maximum Gasteiger partial charge on any atom is 0.167 e. The van der Waals surface area contributed by atoms with E-state index in [2.05, 4.69) is 10.2 Å². The Balaban J connectivity index is 1.69. The van der Waals surface area contributed by atoms with Gasteiger partial charge in [0.15, 0.2) is 11.6 Å². The lowest BCUT2D eigenvalue weighted by Gasteiger charge is -2.33. The number of hydrogen-bond acceptors (Lipinski definition) is 3. The standard InChI is InChI=1S/C15H21FN2O/c1-19-15-6-5-11(10-12(15)16)17-13-7-9-18-8-3-2-4-14(13)18/h5-6,10,13-14,17H,2-4,7-9H2,1H3. The van der Waals surface area contributed by atoms with Crippen molar-refractivity contribution >= 4 is 5.69 Å². The summed E-state index contributed by atoms with van der Waals surface area (Å²) in [5, 5.41) is 3.49. The minimum atomic E-state index is -0.300. The molecule has 2 aliphatic rings. The summed E-state index contributed by atoms with van der Waals surface area (Å²) in [6, 6.07) is 6.19. The third-order valence-corrected chi connectivity index (χ3v) is 4.36. The van der Waals surface area contributed by atoms with Crippen LogP contribution in [0.2, 0.25) is 0 Å². The van der Waals surface area contributed by atoms with Gasteiger partial charge in [-0.2, -0.15) is 0 Å². The van der Waals surface area contributed by atoms with E-state index in [9.17, 15) is 4.39 Å². The largest absolute Gasteiger partial charge is 0.494 e. The zero-order chi connectivity index (χ0) is 13.2. The number of nitrogens with zero attached hydrogens (tertiary/aromatic N) is 1. The Morgan fingerprint density at radius 2 is 2.16 bits per heavy atom. The van der Waals surface area contributed by atoms with Gasteiger partial charge >= 0.3 is 0 Å². The molecule has 0 amide bonds. The molecule has 0 bridgehead atoms. The Morgan fingerprint density at radius 1 is 1.26 bits per heavy atom. The highest BCUT2D eigenvalue weighted by Crippen LogP contribution is 2.30. The Morgan fingerprint density at radius 3 is 2.95 bits per heavy atom. The van der Waals surface area contributed by atoms with Crippen molar-refractivity contribution in [1.82, 2.24) is 4.90 Å². The number of anilines is 1. The van der Waals surface area contributed by atoms with Crippen molar-refractivity contribution in [2.75, 3.05) is 25.5 Å². The van der Waals surface area contributed by atoms with Gasteiger partial charge in [-0.1, -0.05) is 6.42 Å². The van der Waals surface area contributed by atoms with Crippen molar-refractivity contribution in [3.8, 4) is 5.75 Å². The lowest BCUT2D eigenvalue weighted by atomic mass is 9.99. The third kappa shape index (κ3) is 2.54. The monoisotopic (exact) mass is 264 g/mol. The van der Waals surface area contributed by atoms with Crippen LogP contribution in [0.25, 0.3) is 0 Å². The zero-order valence-corrected chi connectivity index (χ0v) is 11.4. The van der Waals surface area contributed by atoms with Crippen LogP contribution in [0.5, 0.6) is 5.75 Å². The van der Waals surface area contributed by atoms with Crippen molar-refractivity contribution in [3.63, 3.8) is 0 Å². The highest BCUT2D eigenvalue weighted by atomic mass is 19.1. The molecular formula is C15H21FN2O. The number of halogens is 1. The van der Waals surface area contributed by atoms with Crippen LogP contribution in [0.3, 0.4) is 0 Å².